The molecule has 7 aromatic carbocycles. The van der Waals surface area contributed by atoms with Gasteiger partial charge in [-0.05, 0) is 107 Å². The molecule has 9 aromatic rings. The van der Waals surface area contributed by atoms with Crippen LogP contribution < -0.4 is 4.90 Å². The third-order valence-electron chi connectivity index (χ3n) is 9.74. The van der Waals surface area contributed by atoms with Crippen LogP contribution >= 0.6 is 11.3 Å². The third kappa shape index (κ3) is 5.10. The van der Waals surface area contributed by atoms with Gasteiger partial charge in [-0.25, -0.2) is 0 Å². The number of anilines is 3. The second-order valence-corrected chi connectivity index (χ2v) is 15.0. The van der Waals surface area contributed by atoms with Crippen LogP contribution in [0.15, 0.2) is 164 Å². The van der Waals surface area contributed by atoms with Crippen LogP contribution in [0.25, 0.3) is 58.8 Å². The molecule has 2 nitrogen and oxygen atoms in total. The smallest absolute Gasteiger partial charge is 0.0541 e. The molecule has 2 aromatic heterocycles. The van der Waals surface area contributed by atoms with E-state index >= 15 is 0 Å². The Kier molecular flexibility index (Phi) is 6.93. The molecule has 236 valence electrons. The van der Waals surface area contributed by atoms with E-state index in [1.165, 1.54) is 64.4 Å². The molecular weight excluding hydrogens is 613 g/mol. The molecule has 0 fully saturated rings. The molecule has 2 heterocycles. The molecule has 0 aliphatic rings. The first kappa shape index (κ1) is 29.5. The summed E-state index contributed by atoms with van der Waals surface area (Å²) in [5.74, 6) is 0. The second-order valence-electron chi connectivity index (χ2n) is 13.9. The summed E-state index contributed by atoms with van der Waals surface area (Å²) in [6, 6.07) is 59.9. The van der Waals surface area contributed by atoms with Gasteiger partial charge in [-0.2, -0.15) is 0 Å². The second kappa shape index (κ2) is 11.5. The zero-order valence-electron chi connectivity index (χ0n) is 27.9. The van der Waals surface area contributed by atoms with Crippen LogP contribution in [-0.4, -0.2) is 4.57 Å². The fourth-order valence-electron chi connectivity index (χ4n) is 7.20. The minimum atomic E-state index is 0.0640. The Labute approximate surface area is 291 Å². The number of thiophene rings is 1. The van der Waals surface area contributed by atoms with Crippen LogP contribution in [0, 0.1) is 0 Å². The number of fused-ring (bicyclic) bond motifs is 6. The first-order valence-electron chi connectivity index (χ1n) is 16.9. The molecule has 3 heteroatoms. The standard InChI is InChI=1S/C46H36N2S/c1-46(2,3)33-21-26-43-40(29-33)39-28-32(20-25-42(39)48(43)35-14-8-5-9-15-35)31-18-22-36(23-19-31)47(34-12-6-4-7-13-34)37-24-27-45-41(30-37)38-16-10-11-17-44(38)49-45/h4-30H,1-3H3. The summed E-state index contributed by atoms with van der Waals surface area (Å²) in [5.41, 5.74) is 10.9. The third-order valence-corrected chi connectivity index (χ3v) is 10.9. The fourth-order valence-corrected chi connectivity index (χ4v) is 8.29. The highest BCUT2D eigenvalue weighted by molar-refractivity contribution is 7.25. The lowest BCUT2D eigenvalue weighted by atomic mass is 9.86. The summed E-state index contributed by atoms with van der Waals surface area (Å²) < 4.78 is 5.03. The molecule has 49 heavy (non-hydrogen) atoms. The van der Waals surface area contributed by atoms with Crippen LogP contribution in [0.2, 0.25) is 0 Å². The molecule has 0 bridgehead atoms. The Morgan fingerprint density at radius 1 is 0.449 bits per heavy atom. The van der Waals surface area contributed by atoms with Gasteiger partial charge in [-0.1, -0.05) is 99.6 Å². The first-order chi connectivity index (χ1) is 23.9. The number of hydrogen-bond donors (Lipinski definition) is 0. The van der Waals surface area contributed by atoms with E-state index in [1.54, 1.807) is 0 Å². The maximum Gasteiger partial charge on any atom is 0.0541 e. The van der Waals surface area contributed by atoms with E-state index in [-0.39, 0.29) is 5.41 Å². The number of para-hydroxylation sites is 2. The van der Waals surface area contributed by atoms with Gasteiger partial charge in [0.2, 0.25) is 0 Å². The van der Waals surface area contributed by atoms with Gasteiger partial charge in [-0.3, -0.25) is 0 Å². The monoisotopic (exact) mass is 648 g/mol. The van der Waals surface area contributed by atoms with Gasteiger partial charge in [0.05, 0.1) is 11.0 Å². The molecule has 9 rings (SSSR count). The van der Waals surface area contributed by atoms with Gasteiger partial charge in [0, 0.05) is 53.7 Å². The van der Waals surface area contributed by atoms with E-state index in [0.29, 0.717) is 0 Å². The summed E-state index contributed by atoms with van der Waals surface area (Å²) in [7, 11) is 0. The average molecular weight is 649 g/mol. The van der Waals surface area contributed by atoms with Crippen molar-refractivity contribution < 1.29 is 0 Å². The Hall–Kier alpha value is -5.64. The van der Waals surface area contributed by atoms with Gasteiger partial charge >= 0.3 is 0 Å². The lowest BCUT2D eigenvalue weighted by molar-refractivity contribution is 0.591. The number of nitrogens with zero attached hydrogens (tertiary/aromatic N) is 2. The quantitative estimate of drug-likeness (QED) is 0.180. The largest absolute Gasteiger partial charge is 0.310 e. The lowest BCUT2D eigenvalue weighted by Crippen LogP contribution is -2.10. The highest BCUT2D eigenvalue weighted by atomic mass is 32.1. The van der Waals surface area contributed by atoms with E-state index in [9.17, 15) is 0 Å². The molecule has 0 saturated carbocycles. The molecule has 0 unspecified atom stereocenters. The van der Waals surface area contributed by atoms with Crippen molar-refractivity contribution in [1.82, 2.24) is 4.57 Å². The van der Waals surface area contributed by atoms with Crippen molar-refractivity contribution in [2.75, 3.05) is 4.90 Å². The Balaban J connectivity index is 1.16. The lowest BCUT2D eigenvalue weighted by Gasteiger charge is -2.26. The Morgan fingerprint density at radius 2 is 1.04 bits per heavy atom. The maximum atomic E-state index is 2.40. The maximum absolute atomic E-state index is 2.40. The minimum Gasteiger partial charge on any atom is -0.310 e. The van der Waals surface area contributed by atoms with Crippen molar-refractivity contribution >= 4 is 70.4 Å². The molecule has 0 amide bonds. The number of hydrogen-bond acceptors (Lipinski definition) is 2. The molecular formula is C46H36N2S. The summed E-state index contributed by atoms with van der Waals surface area (Å²) in [6.45, 7) is 6.87. The van der Waals surface area contributed by atoms with Gasteiger partial charge in [-0.15, -0.1) is 11.3 Å². The van der Waals surface area contributed by atoms with Crippen molar-refractivity contribution in [2.45, 2.75) is 26.2 Å². The summed E-state index contributed by atoms with van der Waals surface area (Å²) >= 11 is 1.86. The minimum absolute atomic E-state index is 0.0640. The molecule has 0 saturated heterocycles. The van der Waals surface area contributed by atoms with Gasteiger partial charge < -0.3 is 9.47 Å². The van der Waals surface area contributed by atoms with Gasteiger partial charge in [0.25, 0.3) is 0 Å². The zero-order chi connectivity index (χ0) is 33.1. The van der Waals surface area contributed by atoms with E-state index in [4.69, 9.17) is 0 Å². The predicted octanol–water partition coefficient (Wildman–Crippen LogP) is 13.6. The normalized spacial score (nSPS) is 12.0. The zero-order valence-corrected chi connectivity index (χ0v) is 28.7. The number of aromatic nitrogens is 1. The molecule has 0 aliphatic heterocycles. The number of rotatable bonds is 5. The summed E-state index contributed by atoms with van der Waals surface area (Å²) in [4.78, 5) is 2.36. The molecule has 0 aliphatic carbocycles. The van der Waals surface area contributed by atoms with E-state index in [1.807, 2.05) is 11.3 Å². The van der Waals surface area contributed by atoms with Crippen molar-refractivity contribution in [1.29, 1.82) is 0 Å². The van der Waals surface area contributed by atoms with Crippen LogP contribution in [-0.2, 0) is 5.41 Å². The van der Waals surface area contributed by atoms with Crippen LogP contribution in [0.1, 0.15) is 26.3 Å². The van der Waals surface area contributed by atoms with Crippen LogP contribution in [0.5, 0.6) is 0 Å². The Bertz CT molecular complexity index is 2620. The fraction of sp³-hybridized carbons (Fsp3) is 0.0870. The molecule has 0 spiro atoms. The number of benzene rings is 7. The van der Waals surface area contributed by atoms with Crippen molar-refractivity contribution in [3.8, 4) is 16.8 Å². The van der Waals surface area contributed by atoms with Crippen molar-refractivity contribution in [3.05, 3.63) is 169 Å². The van der Waals surface area contributed by atoms with Crippen molar-refractivity contribution in [2.24, 2.45) is 0 Å². The van der Waals surface area contributed by atoms with Crippen LogP contribution in [0.4, 0.5) is 17.1 Å². The average Bonchev–Trinajstić information content (AvgIpc) is 3.67. The summed E-state index contributed by atoms with van der Waals surface area (Å²) in [5, 5.41) is 5.17. The van der Waals surface area contributed by atoms with E-state index in [0.717, 1.165) is 17.1 Å². The molecule has 0 N–H and O–H groups in total. The predicted molar refractivity (Wildman–Crippen MR) is 212 cm³/mol. The Morgan fingerprint density at radius 3 is 1.80 bits per heavy atom. The summed E-state index contributed by atoms with van der Waals surface area (Å²) in [6.07, 6.45) is 0. The van der Waals surface area contributed by atoms with E-state index in [2.05, 4.69) is 194 Å². The highest BCUT2D eigenvalue weighted by Crippen LogP contribution is 2.42. The van der Waals surface area contributed by atoms with Crippen LogP contribution in [0.3, 0.4) is 0 Å². The highest BCUT2D eigenvalue weighted by Gasteiger charge is 2.19. The van der Waals surface area contributed by atoms with Gasteiger partial charge in [0.15, 0.2) is 0 Å². The topological polar surface area (TPSA) is 8.17 Å². The molecule has 0 atom stereocenters. The van der Waals surface area contributed by atoms with E-state index < -0.39 is 0 Å². The van der Waals surface area contributed by atoms with Gasteiger partial charge in [0.1, 0.15) is 0 Å². The SMILES string of the molecule is CC(C)(C)c1ccc2c(c1)c1cc(-c3ccc(N(c4ccccc4)c4ccc5sc6ccccc6c5c4)cc3)ccc1n2-c1ccccc1. The first-order valence-corrected chi connectivity index (χ1v) is 17.8. The van der Waals surface area contributed by atoms with Crippen molar-refractivity contribution in [3.63, 3.8) is 0 Å². The molecule has 0 radical (unpaired) electrons.